The maximum Gasteiger partial charge on any atom is 0.227 e. The minimum atomic E-state index is 0.642. The molecule has 0 spiro atoms. The highest BCUT2D eigenvalue weighted by atomic mass is 15.2. The second-order valence-electron chi connectivity index (χ2n) is 6.62. The summed E-state index contributed by atoms with van der Waals surface area (Å²) in [5.74, 6) is 1.64. The molecule has 3 N–H and O–H groups in total. The number of benzene rings is 1. The van der Waals surface area contributed by atoms with Gasteiger partial charge < -0.3 is 15.5 Å². The van der Waals surface area contributed by atoms with Crippen molar-refractivity contribution < 1.29 is 0 Å². The van der Waals surface area contributed by atoms with Crippen LogP contribution in [-0.4, -0.2) is 40.8 Å². The average Bonchev–Trinajstić information content (AvgIpc) is 3.15. The zero-order chi connectivity index (χ0) is 17.9. The second kappa shape index (κ2) is 7.13. The Kier molecular flexibility index (Phi) is 4.53. The summed E-state index contributed by atoms with van der Waals surface area (Å²) in [6.07, 6.45) is 0.934. The third-order valence-electron chi connectivity index (χ3n) is 4.47. The number of fused-ring (bicyclic) bond motifs is 1. The minimum Gasteiger partial charge on any atom is -0.364 e. The van der Waals surface area contributed by atoms with Gasteiger partial charge in [0.2, 0.25) is 5.95 Å². The van der Waals surface area contributed by atoms with Crippen LogP contribution >= 0.6 is 0 Å². The quantitative estimate of drug-likeness (QED) is 0.655. The molecule has 26 heavy (non-hydrogen) atoms. The number of aromatic amines is 1. The Bertz CT molecular complexity index is 886. The van der Waals surface area contributed by atoms with Crippen LogP contribution in [0.2, 0.25) is 0 Å². The number of nitrogens with one attached hydrogen (secondary N) is 3. The van der Waals surface area contributed by atoms with Gasteiger partial charge >= 0.3 is 0 Å². The zero-order valence-electron chi connectivity index (χ0n) is 15.1. The van der Waals surface area contributed by atoms with Crippen molar-refractivity contribution in [2.75, 3.05) is 30.9 Å². The number of rotatable bonds is 5. The van der Waals surface area contributed by atoms with E-state index >= 15 is 0 Å². The van der Waals surface area contributed by atoms with Crippen LogP contribution in [0.5, 0.6) is 0 Å². The predicted molar refractivity (Wildman–Crippen MR) is 103 cm³/mol. The lowest BCUT2D eigenvalue weighted by Gasteiger charge is -2.22. The Morgan fingerprint density at radius 1 is 1.15 bits per heavy atom. The molecule has 0 atom stereocenters. The molecule has 0 fully saturated rings. The van der Waals surface area contributed by atoms with Crippen LogP contribution in [0.1, 0.15) is 17.0 Å². The van der Waals surface area contributed by atoms with Crippen LogP contribution in [0, 0.1) is 0 Å². The number of anilines is 2. The van der Waals surface area contributed by atoms with E-state index in [1.807, 2.05) is 37.2 Å². The second-order valence-corrected chi connectivity index (χ2v) is 6.62. The maximum absolute atomic E-state index is 4.71. The first-order chi connectivity index (χ1) is 12.7. The lowest BCUT2D eigenvalue weighted by Crippen LogP contribution is -2.28. The molecule has 134 valence electrons. The van der Waals surface area contributed by atoms with Gasteiger partial charge in [0.25, 0.3) is 0 Å². The molecule has 3 heterocycles. The Labute approximate surface area is 152 Å². The van der Waals surface area contributed by atoms with E-state index < -0.39 is 0 Å². The van der Waals surface area contributed by atoms with Gasteiger partial charge in [-0.3, -0.25) is 5.10 Å². The number of H-pyrrole nitrogens is 1. The highest BCUT2D eigenvalue weighted by Crippen LogP contribution is 2.24. The van der Waals surface area contributed by atoms with Gasteiger partial charge in [-0.1, -0.05) is 30.3 Å². The Hall–Kier alpha value is -2.93. The van der Waals surface area contributed by atoms with E-state index in [0.29, 0.717) is 6.54 Å². The van der Waals surface area contributed by atoms with Gasteiger partial charge in [0, 0.05) is 31.8 Å². The van der Waals surface area contributed by atoms with Crippen molar-refractivity contribution in [3.63, 3.8) is 0 Å². The van der Waals surface area contributed by atoms with Gasteiger partial charge in [-0.2, -0.15) is 10.1 Å². The van der Waals surface area contributed by atoms with Crippen LogP contribution in [0.25, 0.3) is 11.3 Å². The summed E-state index contributed by atoms with van der Waals surface area (Å²) in [5.41, 5.74) is 5.36. The smallest absolute Gasteiger partial charge is 0.227 e. The highest BCUT2D eigenvalue weighted by Gasteiger charge is 2.18. The molecular formula is C19H23N7. The molecule has 3 aromatic rings. The fraction of sp³-hybridized carbons (Fsp3) is 0.316. The van der Waals surface area contributed by atoms with Gasteiger partial charge in [0.1, 0.15) is 5.82 Å². The topological polar surface area (TPSA) is 81.8 Å². The third kappa shape index (κ3) is 3.39. The van der Waals surface area contributed by atoms with Crippen molar-refractivity contribution in [3.05, 3.63) is 53.3 Å². The van der Waals surface area contributed by atoms with Crippen LogP contribution in [0.4, 0.5) is 11.8 Å². The van der Waals surface area contributed by atoms with Crippen LogP contribution < -0.4 is 15.5 Å². The summed E-state index contributed by atoms with van der Waals surface area (Å²) in [4.78, 5) is 11.3. The Balaban J connectivity index is 1.55. The van der Waals surface area contributed by atoms with Gasteiger partial charge in [-0.05, 0) is 19.0 Å². The molecule has 7 heteroatoms. The molecule has 2 aromatic heterocycles. The first kappa shape index (κ1) is 16.5. The Morgan fingerprint density at radius 2 is 2.00 bits per heavy atom. The highest BCUT2D eigenvalue weighted by molar-refractivity contribution is 5.59. The summed E-state index contributed by atoms with van der Waals surface area (Å²) in [5, 5.41) is 14.4. The van der Waals surface area contributed by atoms with Gasteiger partial charge in [-0.25, -0.2) is 4.98 Å². The van der Waals surface area contributed by atoms with E-state index in [4.69, 9.17) is 4.98 Å². The fourth-order valence-corrected chi connectivity index (χ4v) is 3.08. The Morgan fingerprint density at radius 3 is 2.81 bits per heavy atom. The van der Waals surface area contributed by atoms with Gasteiger partial charge in [-0.15, -0.1) is 0 Å². The van der Waals surface area contributed by atoms with E-state index in [1.54, 1.807) is 0 Å². The van der Waals surface area contributed by atoms with Crippen molar-refractivity contribution in [3.8, 4) is 11.3 Å². The number of hydrogen-bond acceptors (Lipinski definition) is 6. The van der Waals surface area contributed by atoms with E-state index in [-0.39, 0.29) is 0 Å². The van der Waals surface area contributed by atoms with E-state index in [1.165, 1.54) is 5.56 Å². The molecule has 7 nitrogen and oxygen atoms in total. The van der Waals surface area contributed by atoms with Crippen LogP contribution in [0.15, 0.2) is 36.4 Å². The van der Waals surface area contributed by atoms with Gasteiger partial charge in [0.15, 0.2) is 0 Å². The van der Waals surface area contributed by atoms with Gasteiger partial charge in [0.05, 0.1) is 23.6 Å². The molecule has 0 amide bonds. The molecule has 0 unspecified atom stereocenters. The lowest BCUT2D eigenvalue weighted by molar-refractivity contribution is 0.623. The van der Waals surface area contributed by atoms with E-state index in [0.717, 1.165) is 53.9 Å². The summed E-state index contributed by atoms with van der Waals surface area (Å²) >= 11 is 0. The maximum atomic E-state index is 4.71. The lowest BCUT2D eigenvalue weighted by atomic mass is 10.1. The minimum absolute atomic E-state index is 0.642. The monoisotopic (exact) mass is 349 g/mol. The average molecular weight is 349 g/mol. The molecule has 1 aliphatic rings. The van der Waals surface area contributed by atoms with Crippen molar-refractivity contribution in [2.24, 2.45) is 0 Å². The van der Waals surface area contributed by atoms with Crippen molar-refractivity contribution in [1.82, 2.24) is 25.5 Å². The fourth-order valence-electron chi connectivity index (χ4n) is 3.08. The molecule has 0 saturated heterocycles. The molecule has 1 aliphatic heterocycles. The third-order valence-corrected chi connectivity index (χ3v) is 4.47. The van der Waals surface area contributed by atoms with Crippen molar-refractivity contribution in [2.45, 2.75) is 19.5 Å². The molecule has 4 rings (SSSR count). The number of aromatic nitrogens is 4. The number of hydrogen-bond donors (Lipinski definition) is 3. The standard InChI is InChI=1S/C19H23N7/c1-26(2)19-22-17-12-20-9-8-15(17)18(23-19)21-11-14-10-16(25-24-14)13-6-4-3-5-7-13/h3-7,10,20H,8-9,11-12H2,1-2H3,(H,24,25)(H,21,22,23). The molecule has 0 bridgehead atoms. The molecule has 0 aliphatic carbocycles. The van der Waals surface area contributed by atoms with Crippen molar-refractivity contribution >= 4 is 11.8 Å². The van der Waals surface area contributed by atoms with E-state index in [2.05, 4.69) is 44.0 Å². The summed E-state index contributed by atoms with van der Waals surface area (Å²) in [6, 6.07) is 12.2. The molecule has 1 aromatic carbocycles. The summed E-state index contributed by atoms with van der Waals surface area (Å²) in [7, 11) is 3.92. The van der Waals surface area contributed by atoms with Crippen LogP contribution in [0.3, 0.4) is 0 Å². The first-order valence-electron chi connectivity index (χ1n) is 8.82. The first-order valence-corrected chi connectivity index (χ1v) is 8.82. The van der Waals surface area contributed by atoms with E-state index in [9.17, 15) is 0 Å². The van der Waals surface area contributed by atoms with Crippen molar-refractivity contribution in [1.29, 1.82) is 0 Å². The molecular weight excluding hydrogens is 326 g/mol. The summed E-state index contributed by atoms with van der Waals surface area (Å²) in [6.45, 7) is 2.38. The normalized spacial score (nSPS) is 13.3. The molecule has 0 saturated carbocycles. The molecule has 0 radical (unpaired) electrons. The predicted octanol–water partition coefficient (Wildman–Crippen LogP) is 2.19. The zero-order valence-corrected chi connectivity index (χ0v) is 15.1. The number of nitrogens with zero attached hydrogens (tertiary/aromatic N) is 4. The van der Waals surface area contributed by atoms with Crippen LogP contribution in [-0.2, 0) is 19.5 Å². The largest absolute Gasteiger partial charge is 0.364 e. The summed E-state index contributed by atoms with van der Waals surface area (Å²) < 4.78 is 0. The SMILES string of the molecule is CN(C)c1nc2c(c(NCc3cc(-c4ccccc4)n[nH]3)n1)CCNC2.